The monoisotopic (exact) mass is 298 g/mol. The maximum Gasteiger partial charge on any atom is 0.167 e. The Morgan fingerprint density at radius 3 is 2.68 bits per heavy atom. The molecule has 1 heterocycles. The summed E-state index contributed by atoms with van der Waals surface area (Å²) in [7, 11) is 0. The summed E-state index contributed by atoms with van der Waals surface area (Å²) >= 11 is 0. The topological polar surface area (TPSA) is 70.8 Å². The third kappa shape index (κ3) is 3.31. The Morgan fingerprint density at radius 1 is 1.23 bits per heavy atom. The molecule has 1 aliphatic rings. The highest BCUT2D eigenvalue weighted by Crippen LogP contribution is 2.28. The molecule has 0 radical (unpaired) electrons. The molecule has 1 aromatic heterocycles. The highest BCUT2D eigenvalue weighted by molar-refractivity contribution is 5.56. The first-order valence-corrected chi connectivity index (χ1v) is 7.20. The molecule has 0 spiro atoms. The molecule has 6 heteroatoms. The fraction of sp³-hybridized carbons (Fsp3) is 0.312. The highest BCUT2D eigenvalue weighted by Gasteiger charge is 2.18. The zero-order valence-electron chi connectivity index (χ0n) is 11.9. The smallest absolute Gasteiger partial charge is 0.167 e. The van der Waals surface area contributed by atoms with E-state index in [0.717, 1.165) is 25.7 Å². The van der Waals surface area contributed by atoms with E-state index in [1.165, 1.54) is 18.5 Å². The third-order valence-electron chi connectivity index (χ3n) is 3.57. The summed E-state index contributed by atoms with van der Waals surface area (Å²) in [5.74, 6) is 0.324. The van der Waals surface area contributed by atoms with E-state index in [1.54, 1.807) is 12.1 Å². The predicted octanol–water partition coefficient (Wildman–Crippen LogP) is 3.55. The summed E-state index contributed by atoms with van der Waals surface area (Å²) in [5.41, 5.74) is 0.785. The number of hydrogen-bond donors (Lipinski definition) is 1. The number of rotatable bonds is 4. The SMILES string of the molecule is N#Cc1cnc(Nc2ccc(OC3CCCC3)c(F)c2)cn1. The van der Waals surface area contributed by atoms with E-state index in [-0.39, 0.29) is 17.5 Å². The van der Waals surface area contributed by atoms with E-state index >= 15 is 0 Å². The number of aromatic nitrogens is 2. The molecule has 0 unspecified atom stereocenters. The molecular formula is C16H15FN4O. The maximum atomic E-state index is 14.1. The van der Waals surface area contributed by atoms with Gasteiger partial charge in [-0.25, -0.2) is 14.4 Å². The van der Waals surface area contributed by atoms with Crippen LogP contribution in [-0.4, -0.2) is 16.1 Å². The van der Waals surface area contributed by atoms with Gasteiger partial charge in [0.1, 0.15) is 11.9 Å². The van der Waals surface area contributed by atoms with E-state index < -0.39 is 5.82 Å². The molecule has 2 aromatic rings. The molecule has 1 aliphatic carbocycles. The van der Waals surface area contributed by atoms with Crippen molar-refractivity contribution < 1.29 is 9.13 Å². The van der Waals surface area contributed by atoms with Gasteiger partial charge in [-0.15, -0.1) is 0 Å². The van der Waals surface area contributed by atoms with Gasteiger partial charge in [-0.3, -0.25) is 0 Å². The molecule has 112 valence electrons. The average molecular weight is 298 g/mol. The number of nitrogens with one attached hydrogen (secondary N) is 1. The highest BCUT2D eigenvalue weighted by atomic mass is 19.1. The minimum absolute atomic E-state index is 0.123. The summed E-state index contributed by atoms with van der Waals surface area (Å²) in [6.45, 7) is 0. The number of nitriles is 1. The van der Waals surface area contributed by atoms with E-state index in [0.29, 0.717) is 11.5 Å². The van der Waals surface area contributed by atoms with E-state index in [2.05, 4.69) is 15.3 Å². The molecule has 0 bridgehead atoms. The number of nitrogens with zero attached hydrogens (tertiary/aromatic N) is 3. The van der Waals surface area contributed by atoms with E-state index in [9.17, 15) is 4.39 Å². The first-order valence-electron chi connectivity index (χ1n) is 7.20. The molecule has 1 N–H and O–H groups in total. The summed E-state index contributed by atoms with van der Waals surface area (Å²) in [6, 6.07) is 6.60. The molecule has 0 saturated heterocycles. The molecule has 1 aromatic carbocycles. The summed E-state index contributed by atoms with van der Waals surface area (Å²) < 4.78 is 19.8. The zero-order valence-corrected chi connectivity index (χ0v) is 11.9. The lowest BCUT2D eigenvalue weighted by molar-refractivity contribution is 0.201. The number of anilines is 2. The van der Waals surface area contributed by atoms with Gasteiger partial charge in [0, 0.05) is 11.8 Å². The van der Waals surface area contributed by atoms with Crippen LogP contribution in [0.3, 0.4) is 0 Å². The fourth-order valence-electron chi connectivity index (χ4n) is 2.46. The number of ether oxygens (including phenoxy) is 1. The summed E-state index contributed by atoms with van der Waals surface area (Å²) in [5, 5.41) is 11.6. The third-order valence-corrected chi connectivity index (χ3v) is 3.57. The standard InChI is InChI=1S/C16H15FN4O/c17-14-7-11(21-16-10-19-12(8-18)9-20-16)5-6-15(14)22-13-3-1-2-4-13/h5-7,9-10,13H,1-4H2,(H,20,21). The Balaban J connectivity index is 1.69. The summed E-state index contributed by atoms with van der Waals surface area (Å²) in [4.78, 5) is 7.93. The maximum absolute atomic E-state index is 14.1. The van der Waals surface area contributed by atoms with Gasteiger partial charge < -0.3 is 10.1 Å². The van der Waals surface area contributed by atoms with Crippen molar-refractivity contribution in [3.8, 4) is 11.8 Å². The molecular weight excluding hydrogens is 283 g/mol. The van der Waals surface area contributed by atoms with Crippen LogP contribution in [0.4, 0.5) is 15.9 Å². The lowest BCUT2D eigenvalue weighted by Crippen LogP contribution is -2.11. The van der Waals surface area contributed by atoms with Crippen LogP contribution >= 0.6 is 0 Å². The van der Waals surface area contributed by atoms with Crippen LogP contribution in [0.25, 0.3) is 0 Å². The van der Waals surface area contributed by atoms with Gasteiger partial charge in [-0.1, -0.05) is 0 Å². The van der Waals surface area contributed by atoms with Crippen molar-refractivity contribution in [1.29, 1.82) is 5.26 Å². The van der Waals surface area contributed by atoms with Gasteiger partial charge in [0.25, 0.3) is 0 Å². The van der Waals surface area contributed by atoms with Gasteiger partial charge in [0.05, 0.1) is 18.5 Å². The van der Waals surface area contributed by atoms with Gasteiger partial charge in [-0.2, -0.15) is 5.26 Å². The van der Waals surface area contributed by atoms with Crippen LogP contribution in [-0.2, 0) is 0 Å². The molecule has 0 atom stereocenters. The van der Waals surface area contributed by atoms with Crippen molar-refractivity contribution in [1.82, 2.24) is 9.97 Å². The van der Waals surface area contributed by atoms with Crippen LogP contribution in [0.5, 0.6) is 5.75 Å². The van der Waals surface area contributed by atoms with Crippen LogP contribution in [0, 0.1) is 17.1 Å². The summed E-state index contributed by atoms with van der Waals surface area (Å²) in [6.07, 6.45) is 7.17. The van der Waals surface area contributed by atoms with Crippen molar-refractivity contribution in [2.75, 3.05) is 5.32 Å². The molecule has 1 fully saturated rings. The van der Waals surface area contributed by atoms with Crippen molar-refractivity contribution >= 4 is 11.5 Å². The second kappa shape index (κ2) is 6.39. The number of benzene rings is 1. The first-order chi connectivity index (χ1) is 10.7. The number of halogens is 1. The van der Waals surface area contributed by atoms with Gasteiger partial charge in [0.15, 0.2) is 17.3 Å². The minimum Gasteiger partial charge on any atom is -0.487 e. The van der Waals surface area contributed by atoms with Crippen molar-refractivity contribution in [3.63, 3.8) is 0 Å². The molecule has 1 saturated carbocycles. The molecule has 0 amide bonds. The van der Waals surface area contributed by atoms with Gasteiger partial charge in [-0.05, 0) is 37.8 Å². The Bertz CT molecular complexity index is 690. The first kappa shape index (κ1) is 14.3. The lowest BCUT2D eigenvalue weighted by Gasteiger charge is -2.14. The molecule has 3 rings (SSSR count). The van der Waals surface area contributed by atoms with E-state index in [4.69, 9.17) is 10.00 Å². The predicted molar refractivity (Wildman–Crippen MR) is 79.3 cm³/mol. The zero-order chi connectivity index (χ0) is 15.4. The van der Waals surface area contributed by atoms with Crippen molar-refractivity contribution in [2.24, 2.45) is 0 Å². The lowest BCUT2D eigenvalue weighted by atomic mass is 10.2. The normalized spacial score (nSPS) is 14.5. The number of hydrogen-bond acceptors (Lipinski definition) is 5. The average Bonchev–Trinajstić information content (AvgIpc) is 3.04. The largest absolute Gasteiger partial charge is 0.487 e. The second-order valence-corrected chi connectivity index (χ2v) is 5.19. The fourth-order valence-corrected chi connectivity index (χ4v) is 2.46. The van der Waals surface area contributed by atoms with Crippen molar-refractivity contribution in [2.45, 2.75) is 31.8 Å². The van der Waals surface area contributed by atoms with Crippen LogP contribution in [0.1, 0.15) is 31.4 Å². The molecule has 5 nitrogen and oxygen atoms in total. The van der Waals surface area contributed by atoms with Crippen LogP contribution < -0.4 is 10.1 Å². The van der Waals surface area contributed by atoms with Gasteiger partial charge in [0.2, 0.25) is 0 Å². The molecule has 0 aliphatic heterocycles. The Morgan fingerprint density at radius 2 is 2.05 bits per heavy atom. The van der Waals surface area contributed by atoms with Gasteiger partial charge >= 0.3 is 0 Å². The Hall–Kier alpha value is -2.68. The molecule has 22 heavy (non-hydrogen) atoms. The Kier molecular flexibility index (Phi) is 4.15. The second-order valence-electron chi connectivity index (χ2n) is 5.19. The minimum atomic E-state index is -0.404. The van der Waals surface area contributed by atoms with E-state index in [1.807, 2.05) is 6.07 Å². The van der Waals surface area contributed by atoms with Crippen LogP contribution in [0.2, 0.25) is 0 Å². The Labute approximate surface area is 127 Å². The van der Waals surface area contributed by atoms with Crippen LogP contribution in [0.15, 0.2) is 30.6 Å². The quantitative estimate of drug-likeness (QED) is 0.934. The van der Waals surface area contributed by atoms with Crippen molar-refractivity contribution in [3.05, 3.63) is 42.1 Å².